The summed E-state index contributed by atoms with van der Waals surface area (Å²) in [6.07, 6.45) is 0.922. The summed E-state index contributed by atoms with van der Waals surface area (Å²) in [6.45, 7) is 6.37. The van der Waals surface area contributed by atoms with E-state index in [-0.39, 0.29) is 0 Å². The third-order valence-corrected chi connectivity index (χ3v) is 4.47. The van der Waals surface area contributed by atoms with Gasteiger partial charge in [0, 0.05) is 39.1 Å². The van der Waals surface area contributed by atoms with Crippen LogP contribution in [0.1, 0.15) is 11.1 Å². The molecule has 1 heterocycles. The smallest absolute Gasteiger partial charge is 0.122 e. The van der Waals surface area contributed by atoms with Gasteiger partial charge in [0.1, 0.15) is 12.4 Å². The van der Waals surface area contributed by atoms with Crippen LogP contribution in [0.25, 0.3) is 0 Å². The largest absolute Gasteiger partial charge is 0.492 e. The Morgan fingerprint density at radius 2 is 1.57 bits per heavy atom. The van der Waals surface area contributed by atoms with Gasteiger partial charge in [0.25, 0.3) is 0 Å². The summed E-state index contributed by atoms with van der Waals surface area (Å²) in [7, 11) is 2.19. The van der Waals surface area contributed by atoms with Gasteiger partial charge in [-0.15, -0.1) is 0 Å². The Balaban J connectivity index is 1.53. The minimum absolute atomic E-state index is 0.759. The van der Waals surface area contributed by atoms with Crippen LogP contribution < -0.4 is 4.74 Å². The Morgan fingerprint density at radius 1 is 0.870 bits per heavy atom. The van der Waals surface area contributed by atoms with Crippen molar-refractivity contribution in [3.8, 4) is 5.75 Å². The summed E-state index contributed by atoms with van der Waals surface area (Å²) in [4.78, 5) is 4.87. The molecule has 1 aliphatic rings. The average Bonchev–Trinajstić information content (AvgIpc) is 2.59. The second-order valence-electron chi connectivity index (χ2n) is 6.26. The van der Waals surface area contributed by atoms with Crippen molar-refractivity contribution in [1.29, 1.82) is 0 Å². The van der Waals surface area contributed by atoms with Gasteiger partial charge in [0.15, 0.2) is 0 Å². The van der Waals surface area contributed by atoms with E-state index >= 15 is 0 Å². The van der Waals surface area contributed by atoms with Crippen molar-refractivity contribution in [2.75, 3.05) is 46.4 Å². The Labute approximate surface area is 139 Å². The molecule has 122 valence electrons. The number of benzene rings is 2. The van der Waals surface area contributed by atoms with E-state index < -0.39 is 0 Å². The van der Waals surface area contributed by atoms with Crippen LogP contribution in [0.4, 0.5) is 0 Å². The summed E-state index contributed by atoms with van der Waals surface area (Å²) in [6, 6.07) is 19.0. The van der Waals surface area contributed by atoms with Gasteiger partial charge in [-0.3, -0.25) is 4.90 Å². The van der Waals surface area contributed by atoms with Crippen molar-refractivity contribution in [1.82, 2.24) is 9.80 Å². The lowest BCUT2D eigenvalue weighted by Crippen LogP contribution is -2.45. The van der Waals surface area contributed by atoms with Crippen molar-refractivity contribution in [3.05, 3.63) is 65.7 Å². The highest BCUT2D eigenvalue weighted by Crippen LogP contribution is 2.21. The number of ether oxygens (including phenoxy) is 1. The first-order valence-electron chi connectivity index (χ1n) is 8.47. The zero-order valence-electron chi connectivity index (χ0n) is 13.9. The van der Waals surface area contributed by atoms with Crippen LogP contribution in [0.15, 0.2) is 54.6 Å². The van der Waals surface area contributed by atoms with Crippen molar-refractivity contribution in [2.24, 2.45) is 0 Å². The fraction of sp³-hybridized carbons (Fsp3) is 0.400. The third kappa shape index (κ3) is 4.81. The molecule has 0 aliphatic carbocycles. The second kappa shape index (κ2) is 8.14. The maximum Gasteiger partial charge on any atom is 0.122 e. The molecule has 0 amide bonds. The Bertz CT molecular complexity index is 592. The fourth-order valence-corrected chi connectivity index (χ4v) is 2.96. The van der Waals surface area contributed by atoms with Crippen LogP contribution in [0.5, 0.6) is 5.75 Å². The van der Waals surface area contributed by atoms with Crippen LogP contribution in [0.3, 0.4) is 0 Å². The maximum absolute atomic E-state index is 6.08. The molecule has 0 spiro atoms. The molecular formula is C20H26N2O. The molecule has 1 fully saturated rings. The zero-order chi connectivity index (χ0) is 15.9. The molecule has 1 aliphatic heterocycles. The van der Waals surface area contributed by atoms with Crippen molar-refractivity contribution in [2.45, 2.75) is 6.42 Å². The van der Waals surface area contributed by atoms with Gasteiger partial charge in [0.05, 0.1) is 0 Å². The molecule has 0 unspecified atom stereocenters. The number of hydrogen-bond donors (Lipinski definition) is 0. The first kappa shape index (κ1) is 16.0. The third-order valence-electron chi connectivity index (χ3n) is 4.47. The first-order chi connectivity index (χ1) is 11.3. The molecule has 0 saturated carbocycles. The number of para-hydroxylation sites is 1. The fourth-order valence-electron chi connectivity index (χ4n) is 2.96. The Kier molecular flexibility index (Phi) is 5.67. The number of likely N-dealkylation sites (N-methyl/N-ethyl adjacent to an activating group) is 1. The summed E-state index contributed by atoms with van der Waals surface area (Å²) in [5.41, 5.74) is 2.58. The highest BCUT2D eigenvalue weighted by molar-refractivity contribution is 5.37. The normalized spacial score (nSPS) is 16.4. The van der Waals surface area contributed by atoms with Gasteiger partial charge < -0.3 is 9.64 Å². The SMILES string of the molecule is CN1CCN(CCOc2ccccc2Cc2ccccc2)CC1. The molecule has 2 aromatic carbocycles. The summed E-state index contributed by atoms with van der Waals surface area (Å²) in [5.74, 6) is 1.02. The predicted molar refractivity (Wildman–Crippen MR) is 95.1 cm³/mol. The number of piperazine rings is 1. The molecule has 2 aromatic rings. The average molecular weight is 310 g/mol. The monoisotopic (exact) mass is 310 g/mol. The second-order valence-corrected chi connectivity index (χ2v) is 6.26. The van der Waals surface area contributed by atoms with E-state index in [9.17, 15) is 0 Å². The summed E-state index contributed by atoms with van der Waals surface area (Å²) in [5, 5.41) is 0. The van der Waals surface area contributed by atoms with Crippen molar-refractivity contribution in [3.63, 3.8) is 0 Å². The highest BCUT2D eigenvalue weighted by atomic mass is 16.5. The molecular weight excluding hydrogens is 284 g/mol. The van der Waals surface area contributed by atoms with Gasteiger partial charge in [-0.25, -0.2) is 0 Å². The van der Waals surface area contributed by atoms with Crippen LogP contribution in [-0.2, 0) is 6.42 Å². The highest BCUT2D eigenvalue weighted by Gasteiger charge is 2.13. The zero-order valence-corrected chi connectivity index (χ0v) is 13.9. The molecule has 3 nitrogen and oxygen atoms in total. The van der Waals surface area contributed by atoms with Crippen LogP contribution in [0.2, 0.25) is 0 Å². The van der Waals surface area contributed by atoms with Gasteiger partial charge in [-0.1, -0.05) is 48.5 Å². The molecule has 0 radical (unpaired) electrons. The van der Waals surface area contributed by atoms with E-state index in [1.54, 1.807) is 0 Å². The number of nitrogens with zero attached hydrogens (tertiary/aromatic N) is 2. The van der Waals surface area contributed by atoms with Crippen molar-refractivity contribution >= 4 is 0 Å². The van der Waals surface area contributed by atoms with E-state index in [2.05, 4.69) is 71.4 Å². The number of rotatable bonds is 6. The Morgan fingerprint density at radius 3 is 2.35 bits per heavy atom. The molecule has 3 rings (SSSR count). The van der Waals surface area contributed by atoms with Crippen LogP contribution in [-0.4, -0.2) is 56.2 Å². The molecule has 0 aromatic heterocycles. The Hall–Kier alpha value is -1.84. The van der Waals surface area contributed by atoms with Gasteiger partial charge in [-0.2, -0.15) is 0 Å². The molecule has 0 N–H and O–H groups in total. The van der Waals surface area contributed by atoms with E-state index in [4.69, 9.17) is 4.74 Å². The summed E-state index contributed by atoms with van der Waals surface area (Å²) >= 11 is 0. The number of hydrogen-bond acceptors (Lipinski definition) is 3. The van der Waals surface area contributed by atoms with E-state index in [0.717, 1.165) is 51.5 Å². The van der Waals surface area contributed by atoms with Gasteiger partial charge in [0.2, 0.25) is 0 Å². The van der Waals surface area contributed by atoms with Gasteiger partial charge in [-0.05, 0) is 24.2 Å². The predicted octanol–water partition coefficient (Wildman–Crippen LogP) is 2.90. The van der Waals surface area contributed by atoms with E-state index in [1.807, 2.05) is 0 Å². The first-order valence-corrected chi connectivity index (χ1v) is 8.47. The van der Waals surface area contributed by atoms with Crippen molar-refractivity contribution < 1.29 is 4.74 Å². The molecule has 23 heavy (non-hydrogen) atoms. The lowest BCUT2D eigenvalue weighted by molar-refractivity contribution is 0.133. The molecule has 0 bridgehead atoms. The topological polar surface area (TPSA) is 15.7 Å². The van der Waals surface area contributed by atoms with Gasteiger partial charge >= 0.3 is 0 Å². The van der Waals surface area contributed by atoms with E-state index in [1.165, 1.54) is 11.1 Å². The molecule has 0 atom stereocenters. The molecule has 1 saturated heterocycles. The summed E-state index contributed by atoms with van der Waals surface area (Å²) < 4.78 is 6.08. The minimum Gasteiger partial charge on any atom is -0.492 e. The quantitative estimate of drug-likeness (QED) is 0.816. The minimum atomic E-state index is 0.759. The lowest BCUT2D eigenvalue weighted by atomic mass is 10.0. The standard InChI is InChI=1S/C20H26N2O/c1-21-11-13-22(14-12-21)15-16-23-20-10-6-5-9-19(20)17-18-7-3-2-4-8-18/h2-10H,11-17H2,1H3. The lowest BCUT2D eigenvalue weighted by Gasteiger charge is -2.32. The molecule has 3 heteroatoms. The maximum atomic E-state index is 6.08. The van der Waals surface area contributed by atoms with Crippen LogP contribution >= 0.6 is 0 Å². The van der Waals surface area contributed by atoms with E-state index in [0.29, 0.717) is 0 Å². The van der Waals surface area contributed by atoms with Crippen LogP contribution in [0, 0.1) is 0 Å².